The molecule has 2 amide bonds. The van der Waals surface area contributed by atoms with E-state index in [1.165, 1.54) is 16.9 Å². The fraction of sp³-hybridized carbons (Fsp3) is 0.192. The van der Waals surface area contributed by atoms with E-state index in [0.29, 0.717) is 25.1 Å². The summed E-state index contributed by atoms with van der Waals surface area (Å²) < 4.78 is 7.81. The summed E-state index contributed by atoms with van der Waals surface area (Å²) in [5.41, 5.74) is 8.88. The molecule has 3 heterocycles. The molecule has 7 aromatic rings. The van der Waals surface area contributed by atoms with Gasteiger partial charge in [-0.3, -0.25) is 14.9 Å². The number of pyridine rings is 1. The minimum Gasteiger partial charge on any atom is -0.439 e. The molecule has 0 radical (unpaired) electrons. The minimum absolute atomic E-state index is 0. The van der Waals surface area contributed by atoms with Crippen LogP contribution in [0.5, 0.6) is 11.6 Å². The Morgan fingerprint density at radius 3 is 2.08 bits per heavy atom. The topological polar surface area (TPSA) is 97.4 Å². The molecule has 0 spiro atoms. The van der Waals surface area contributed by atoms with Crippen LogP contribution in [0, 0.1) is 40.0 Å². The van der Waals surface area contributed by atoms with E-state index < -0.39 is 0 Å². The van der Waals surface area contributed by atoms with Crippen LogP contribution >= 0.6 is 50.4 Å². The zero-order valence-electron chi connectivity index (χ0n) is 34.6. The van der Waals surface area contributed by atoms with Crippen LogP contribution in [0.2, 0.25) is 0 Å². The number of Topliss-reactive ketones (excluding diaryl/α,β-unsaturated/α-hetero) is 2. The number of aromatic nitrogens is 1. The lowest BCUT2D eigenvalue weighted by Gasteiger charge is -2.06. The highest BCUT2D eigenvalue weighted by molar-refractivity contribution is 9.10. The number of hydrogen-bond acceptors (Lipinski definition) is 8. The second-order valence-electron chi connectivity index (χ2n) is 14.1. The van der Waals surface area contributed by atoms with Gasteiger partial charge >= 0.3 is 6.03 Å². The molecule has 0 aliphatic carbocycles. The van der Waals surface area contributed by atoms with Crippen LogP contribution in [0.3, 0.4) is 0 Å². The Morgan fingerprint density at radius 2 is 1.48 bits per heavy atom. The molecule has 0 unspecified atom stereocenters. The van der Waals surface area contributed by atoms with E-state index in [-0.39, 0.29) is 32.5 Å². The van der Waals surface area contributed by atoms with Crippen molar-refractivity contribution in [2.75, 3.05) is 16.9 Å². The second-order valence-corrected chi connectivity index (χ2v) is 18.1. The average molecular weight is 961 g/mol. The number of ether oxygens (including phenoxy) is 1. The number of thioether (sulfide) groups is 1. The summed E-state index contributed by atoms with van der Waals surface area (Å²) in [5, 5.41) is 8.32. The van der Waals surface area contributed by atoms with Crippen molar-refractivity contribution in [1.29, 1.82) is 0 Å². The largest absolute Gasteiger partial charge is 0.439 e. The first-order valence-corrected chi connectivity index (χ1v) is 23.0. The molecular weight excluding hydrogens is 907 g/mol. The molecule has 11 heteroatoms. The quantitative estimate of drug-likeness (QED) is 0.0719. The van der Waals surface area contributed by atoms with Gasteiger partial charge in [0.25, 0.3) is 0 Å². The van der Waals surface area contributed by atoms with Gasteiger partial charge in [0.05, 0.1) is 14.8 Å². The van der Waals surface area contributed by atoms with Crippen molar-refractivity contribution in [2.45, 2.75) is 66.0 Å². The van der Waals surface area contributed by atoms with E-state index in [2.05, 4.69) is 43.5 Å². The normalized spacial score (nSPS) is 9.92. The third kappa shape index (κ3) is 17.1. The van der Waals surface area contributed by atoms with Crippen LogP contribution in [-0.4, -0.2) is 28.8 Å². The van der Waals surface area contributed by atoms with Gasteiger partial charge in [-0.2, -0.15) is 0 Å². The van der Waals surface area contributed by atoms with Crippen LogP contribution in [0.1, 0.15) is 69.0 Å². The van der Waals surface area contributed by atoms with E-state index in [9.17, 15) is 14.4 Å². The number of aryl methyl sites for hydroxylation is 4. The van der Waals surface area contributed by atoms with Crippen LogP contribution in [0.15, 0.2) is 142 Å². The first-order chi connectivity index (χ1) is 29.4. The van der Waals surface area contributed by atoms with Gasteiger partial charge in [-0.25, -0.2) is 9.78 Å². The van der Waals surface area contributed by atoms with Gasteiger partial charge < -0.3 is 10.1 Å². The van der Waals surface area contributed by atoms with Crippen molar-refractivity contribution in [3.05, 3.63) is 187 Å². The first kappa shape index (κ1) is 51.6. The minimum atomic E-state index is -0.270. The molecule has 0 atom stereocenters. The molecular formula is C52H54BrN3O4S3. The molecule has 0 saturated heterocycles. The molecule has 7 rings (SSSR count). The number of thiophene rings is 2. The number of anilines is 2. The Bertz CT molecular complexity index is 2600. The highest BCUT2D eigenvalue weighted by Crippen LogP contribution is 2.33. The van der Waals surface area contributed by atoms with Gasteiger partial charge in [-0.1, -0.05) is 115 Å². The summed E-state index contributed by atoms with van der Waals surface area (Å²) in [6.07, 6.45) is 10.4. The molecule has 326 valence electrons. The zero-order chi connectivity index (χ0) is 43.7. The van der Waals surface area contributed by atoms with E-state index in [4.69, 9.17) is 11.2 Å². The molecule has 7 nitrogen and oxygen atoms in total. The smallest absolute Gasteiger partial charge is 0.324 e. The number of benzene rings is 4. The Hall–Kier alpha value is -5.77. The standard InChI is InChI=1S/C19H17NO2S.C16H15BrO.C15H14N2OS2.2CH4/c1-14-4-2-5-17(10-14)22-19-8-7-15(13-20-19)11-16(21)12-18-6-3-9-23-18;1-11-3-6-14(7-4-11)16(18)10-13-5-8-15(17)12(2)9-13;1-4-11-9-13(20-14(11)19-3)17-15(18)16-12-7-5-6-10(2)8-12;;/h2-10,13H,11-12H2,1H3;3-9H,10H2,1-2H3;1,5-9H,2-3H3,(H2,16,17,18);2*1H4. The van der Waals surface area contributed by atoms with E-state index in [0.717, 1.165) is 68.9 Å². The predicted molar refractivity (Wildman–Crippen MR) is 272 cm³/mol. The van der Waals surface area contributed by atoms with Gasteiger partial charge in [-0.15, -0.1) is 40.9 Å². The number of halogens is 1. The maximum atomic E-state index is 12.1. The van der Waals surface area contributed by atoms with E-state index in [1.54, 1.807) is 35.4 Å². The van der Waals surface area contributed by atoms with Crippen molar-refractivity contribution >= 4 is 78.7 Å². The number of nitrogens with zero attached hydrogens (tertiary/aromatic N) is 1. The molecule has 63 heavy (non-hydrogen) atoms. The van der Waals surface area contributed by atoms with E-state index >= 15 is 0 Å². The summed E-state index contributed by atoms with van der Waals surface area (Å²) in [4.78, 5) is 41.4. The molecule has 0 fully saturated rings. The number of amides is 2. The van der Waals surface area contributed by atoms with Crippen LogP contribution < -0.4 is 15.4 Å². The van der Waals surface area contributed by atoms with Gasteiger partial charge in [0, 0.05) is 52.1 Å². The number of rotatable bonds is 12. The maximum Gasteiger partial charge on any atom is 0.324 e. The number of nitrogens with one attached hydrogen (secondary N) is 2. The van der Waals surface area contributed by atoms with Crippen molar-refractivity contribution in [3.8, 4) is 24.0 Å². The Morgan fingerprint density at radius 1 is 0.762 bits per heavy atom. The summed E-state index contributed by atoms with van der Waals surface area (Å²) in [5.74, 6) is 4.27. The van der Waals surface area contributed by atoms with Crippen molar-refractivity contribution in [3.63, 3.8) is 0 Å². The third-order valence-electron chi connectivity index (χ3n) is 8.87. The number of ketones is 2. The monoisotopic (exact) mass is 959 g/mol. The van der Waals surface area contributed by atoms with Crippen molar-refractivity contribution in [2.24, 2.45) is 0 Å². The average Bonchev–Trinajstić information content (AvgIpc) is 3.90. The Balaban J connectivity index is 0.000000250. The maximum absolute atomic E-state index is 12.1. The number of hydrogen-bond donors (Lipinski definition) is 2. The molecule has 0 saturated carbocycles. The SMILES string of the molecule is C.C.C#Cc1cc(NC(=O)Nc2cccc(C)c2)sc1SC.Cc1ccc(C(=O)Cc2ccc(Br)c(C)c2)cc1.Cc1cccc(Oc2ccc(CC(=O)Cc3cccs3)cn2)c1. The van der Waals surface area contributed by atoms with Crippen molar-refractivity contribution < 1.29 is 19.1 Å². The molecule has 0 aliphatic heterocycles. The van der Waals surface area contributed by atoms with E-state index in [1.807, 2.05) is 149 Å². The highest BCUT2D eigenvalue weighted by Gasteiger charge is 2.11. The fourth-order valence-electron chi connectivity index (χ4n) is 5.80. The lowest BCUT2D eigenvalue weighted by atomic mass is 10.0. The fourth-order valence-corrected chi connectivity index (χ4v) is 8.47. The van der Waals surface area contributed by atoms with Crippen LogP contribution in [-0.2, 0) is 24.1 Å². The predicted octanol–water partition coefficient (Wildman–Crippen LogP) is 14.8. The first-order valence-electron chi connectivity index (χ1n) is 19.2. The number of urea groups is 1. The summed E-state index contributed by atoms with van der Waals surface area (Å²) in [7, 11) is 0. The summed E-state index contributed by atoms with van der Waals surface area (Å²) >= 11 is 8.13. The molecule has 0 bridgehead atoms. The lowest BCUT2D eigenvalue weighted by Crippen LogP contribution is -2.18. The Kier molecular flexibility index (Phi) is 21.3. The summed E-state index contributed by atoms with van der Waals surface area (Å²) in [6, 6.07) is 38.4. The highest BCUT2D eigenvalue weighted by atomic mass is 79.9. The second kappa shape index (κ2) is 26.0. The third-order valence-corrected chi connectivity index (χ3v) is 12.8. The van der Waals surface area contributed by atoms with Gasteiger partial charge in [0.15, 0.2) is 5.78 Å². The lowest BCUT2D eigenvalue weighted by molar-refractivity contribution is -0.117. The summed E-state index contributed by atoms with van der Waals surface area (Å²) in [6.45, 7) is 8.05. The Labute approximate surface area is 393 Å². The number of carbonyl (C=O) groups is 3. The molecule has 3 aromatic heterocycles. The van der Waals surface area contributed by atoms with Gasteiger partial charge in [-0.05, 0) is 110 Å². The zero-order valence-corrected chi connectivity index (χ0v) is 38.6. The molecule has 4 aromatic carbocycles. The van der Waals surface area contributed by atoms with Crippen molar-refractivity contribution in [1.82, 2.24) is 4.98 Å². The van der Waals surface area contributed by atoms with Crippen LogP contribution in [0.4, 0.5) is 15.5 Å². The van der Waals surface area contributed by atoms with Gasteiger partial charge in [0.1, 0.15) is 11.5 Å². The number of terminal acetylenes is 1. The molecule has 2 N–H and O–H groups in total. The van der Waals surface area contributed by atoms with Crippen LogP contribution in [0.25, 0.3) is 0 Å². The van der Waals surface area contributed by atoms with Gasteiger partial charge in [0.2, 0.25) is 5.88 Å². The number of carbonyl (C=O) groups excluding carboxylic acids is 3. The molecule has 0 aliphatic rings.